The number of esters is 2. The standard InChI is InChI=1S/C24H28N2O7S/c1-32-23(28)17-8-12-19(13-9-17)25-22(27)16-26(20-6-4-3-5-7-20)34(30,31)21-14-10-18(11-15-21)24(29)33-2/h8-15,20H,3-7,16H2,1-2H3,(H,25,27). The number of anilines is 1. The maximum Gasteiger partial charge on any atom is 0.337 e. The molecule has 182 valence electrons. The number of nitrogens with one attached hydrogen (secondary N) is 1. The van der Waals surface area contributed by atoms with Gasteiger partial charge in [-0.05, 0) is 61.4 Å². The van der Waals surface area contributed by atoms with Gasteiger partial charge in [0.1, 0.15) is 0 Å². The maximum absolute atomic E-state index is 13.5. The molecule has 0 spiro atoms. The van der Waals surface area contributed by atoms with Crippen LogP contribution in [-0.2, 0) is 24.3 Å². The third-order valence-corrected chi connectivity index (χ3v) is 7.67. The fraction of sp³-hybridized carbons (Fsp3) is 0.375. The van der Waals surface area contributed by atoms with Gasteiger partial charge in [-0.25, -0.2) is 18.0 Å². The Kier molecular flexibility index (Phi) is 8.41. The highest BCUT2D eigenvalue weighted by Gasteiger charge is 2.34. The summed E-state index contributed by atoms with van der Waals surface area (Å²) in [5.74, 6) is -1.55. The molecular formula is C24H28N2O7S. The van der Waals surface area contributed by atoms with Crippen LogP contribution in [-0.4, -0.2) is 57.4 Å². The topological polar surface area (TPSA) is 119 Å². The van der Waals surface area contributed by atoms with Crippen molar-refractivity contribution in [1.29, 1.82) is 0 Å². The lowest BCUT2D eigenvalue weighted by Gasteiger charge is -2.33. The molecule has 9 nitrogen and oxygen atoms in total. The zero-order chi connectivity index (χ0) is 24.7. The van der Waals surface area contributed by atoms with E-state index in [4.69, 9.17) is 0 Å². The lowest BCUT2D eigenvalue weighted by Crippen LogP contribution is -2.45. The van der Waals surface area contributed by atoms with Gasteiger partial charge in [0.05, 0.1) is 36.8 Å². The molecule has 3 rings (SSSR count). The van der Waals surface area contributed by atoms with Crippen molar-refractivity contribution in [2.45, 2.75) is 43.0 Å². The van der Waals surface area contributed by atoms with Gasteiger partial charge in [0.15, 0.2) is 0 Å². The second kappa shape index (κ2) is 11.3. The number of amides is 1. The first-order chi connectivity index (χ1) is 16.3. The molecule has 1 aliphatic carbocycles. The summed E-state index contributed by atoms with van der Waals surface area (Å²) in [7, 11) is -1.47. The SMILES string of the molecule is COC(=O)c1ccc(NC(=O)CN(C2CCCCC2)S(=O)(=O)c2ccc(C(=O)OC)cc2)cc1. The smallest absolute Gasteiger partial charge is 0.337 e. The Morgan fingerprint density at radius 2 is 1.35 bits per heavy atom. The third kappa shape index (κ3) is 6.00. The Bertz CT molecular complexity index is 1120. The molecule has 1 N–H and O–H groups in total. The highest BCUT2D eigenvalue weighted by molar-refractivity contribution is 7.89. The van der Waals surface area contributed by atoms with E-state index in [0.29, 0.717) is 24.1 Å². The van der Waals surface area contributed by atoms with Gasteiger partial charge in [-0.2, -0.15) is 4.31 Å². The van der Waals surface area contributed by atoms with Crippen molar-refractivity contribution in [2.75, 3.05) is 26.1 Å². The predicted octanol–water partition coefficient (Wildman–Crippen LogP) is 3.22. The number of nitrogens with zero attached hydrogens (tertiary/aromatic N) is 1. The van der Waals surface area contributed by atoms with Crippen molar-refractivity contribution < 1.29 is 32.3 Å². The first-order valence-corrected chi connectivity index (χ1v) is 12.4. The van der Waals surface area contributed by atoms with Gasteiger partial charge in [-0.3, -0.25) is 4.79 Å². The molecule has 0 bridgehead atoms. The summed E-state index contributed by atoms with van der Waals surface area (Å²) in [4.78, 5) is 36.1. The van der Waals surface area contributed by atoms with E-state index < -0.39 is 27.9 Å². The van der Waals surface area contributed by atoms with E-state index >= 15 is 0 Å². The summed E-state index contributed by atoms with van der Waals surface area (Å²) < 4.78 is 37.6. The van der Waals surface area contributed by atoms with Crippen molar-refractivity contribution >= 4 is 33.6 Å². The first kappa shape index (κ1) is 25.4. The van der Waals surface area contributed by atoms with Crippen LogP contribution in [0.5, 0.6) is 0 Å². The molecule has 0 aromatic heterocycles. The van der Waals surface area contributed by atoms with Gasteiger partial charge in [0.2, 0.25) is 15.9 Å². The fourth-order valence-corrected chi connectivity index (χ4v) is 5.59. The van der Waals surface area contributed by atoms with E-state index in [-0.39, 0.29) is 23.0 Å². The highest BCUT2D eigenvalue weighted by Crippen LogP contribution is 2.28. The van der Waals surface area contributed by atoms with E-state index in [1.807, 2.05) is 0 Å². The Labute approximate surface area is 199 Å². The minimum atomic E-state index is -4.00. The molecule has 0 aliphatic heterocycles. The van der Waals surface area contributed by atoms with Crippen molar-refractivity contribution in [3.05, 3.63) is 59.7 Å². The van der Waals surface area contributed by atoms with Gasteiger partial charge in [-0.1, -0.05) is 19.3 Å². The number of hydrogen-bond donors (Lipinski definition) is 1. The normalized spacial score (nSPS) is 14.4. The molecule has 0 heterocycles. The molecule has 10 heteroatoms. The van der Waals surface area contributed by atoms with Crippen molar-refractivity contribution in [3.8, 4) is 0 Å². The Balaban J connectivity index is 1.80. The number of sulfonamides is 1. The van der Waals surface area contributed by atoms with Crippen LogP contribution < -0.4 is 5.32 Å². The second-order valence-corrected chi connectivity index (χ2v) is 9.87. The number of methoxy groups -OCH3 is 2. The number of hydrogen-bond acceptors (Lipinski definition) is 7. The highest BCUT2D eigenvalue weighted by atomic mass is 32.2. The Morgan fingerprint density at radius 3 is 1.85 bits per heavy atom. The molecule has 2 aromatic carbocycles. The molecule has 1 fully saturated rings. The predicted molar refractivity (Wildman–Crippen MR) is 125 cm³/mol. The zero-order valence-electron chi connectivity index (χ0n) is 19.2. The van der Waals surface area contributed by atoms with Crippen LogP contribution in [0.3, 0.4) is 0 Å². The van der Waals surface area contributed by atoms with E-state index in [1.54, 1.807) is 12.1 Å². The van der Waals surface area contributed by atoms with Gasteiger partial charge in [-0.15, -0.1) is 0 Å². The number of benzene rings is 2. The summed E-state index contributed by atoms with van der Waals surface area (Å²) >= 11 is 0. The van der Waals surface area contributed by atoms with E-state index in [0.717, 1.165) is 19.3 Å². The zero-order valence-corrected chi connectivity index (χ0v) is 20.0. The lowest BCUT2D eigenvalue weighted by atomic mass is 9.95. The summed E-state index contributed by atoms with van der Waals surface area (Å²) in [6, 6.07) is 11.3. The molecule has 1 saturated carbocycles. The van der Waals surface area contributed by atoms with Crippen molar-refractivity contribution in [1.82, 2.24) is 4.31 Å². The van der Waals surface area contributed by atoms with Gasteiger partial charge in [0, 0.05) is 11.7 Å². The maximum atomic E-state index is 13.5. The molecule has 1 amide bonds. The van der Waals surface area contributed by atoms with E-state index in [9.17, 15) is 22.8 Å². The van der Waals surface area contributed by atoms with Gasteiger partial charge in [0.25, 0.3) is 0 Å². The minimum absolute atomic E-state index is 0.000887. The molecule has 1 aliphatic rings. The Hall–Kier alpha value is -3.24. The van der Waals surface area contributed by atoms with E-state index in [2.05, 4.69) is 14.8 Å². The van der Waals surface area contributed by atoms with E-state index in [1.165, 1.54) is 54.9 Å². The molecule has 34 heavy (non-hydrogen) atoms. The number of ether oxygens (including phenoxy) is 2. The summed E-state index contributed by atoms with van der Waals surface area (Å²) in [6.07, 6.45) is 4.13. The fourth-order valence-electron chi connectivity index (χ4n) is 3.95. The number of rotatable bonds is 8. The minimum Gasteiger partial charge on any atom is -0.465 e. The first-order valence-electron chi connectivity index (χ1n) is 10.9. The quantitative estimate of drug-likeness (QED) is 0.567. The monoisotopic (exact) mass is 488 g/mol. The van der Waals surface area contributed by atoms with Crippen LogP contribution in [0, 0.1) is 0 Å². The van der Waals surface area contributed by atoms with Crippen LogP contribution in [0.15, 0.2) is 53.4 Å². The molecule has 0 radical (unpaired) electrons. The third-order valence-electron chi connectivity index (χ3n) is 5.75. The summed E-state index contributed by atoms with van der Waals surface area (Å²) in [5.41, 5.74) is 1.00. The van der Waals surface area contributed by atoms with Crippen LogP contribution >= 0.6 is 0 Å². The van der Waals surface area contributed by atoms with Crippen LogP contribution in [0.25, 0.3) is 0 Å². The largest absolute Gasteiger partial charge is 0.465 e. The van der Waals surface area contributed by atoms with Gasteiger partial charge >= 0.3 is 11.9 Å². The molecule has 0 unspecified atom stereocenters. The second-order valence-electron chi connectivity index (χ2n) is 7.98. The number of carbonyl (C=O) groups is 3. The van der Waals surface area contributed by atoms with Crippen molar-refractivity contribution in [3.63, 3.8) is 0 Å². The molecule has 0 saturated heterocycles. The number of carbonyl (C=O) groups excluding carboxylic acids is 3. The summed E-state index contributed by atoms with van der Waals surface area (Å²) in [5, 5.41) is 2.69. The van der Waals surface area contributed by atoms with Gasteiger partial charge < -0.3 is 14.8 Å². The van der Waals surface area contributed by atoms with Crippen LogP contribution in [0.2, 0.25) is 0 Å². The average Bonchev–Trinajstić information content (AvgIpc) is 2.87. The average molecular weight is 489 g/mol. The van der Waals surface area contributed by atoms with Crippen LogP contribution in [0.1, 0.15) is 52.8 Å². The Morgan fingerprint density at radius 1 is 0.853 bits per heavy atom. The summed E-state index contributed by atoms with van der Waals surface area (Å²) in [6.45, 7) is -0.357. The lowest BCUT2D eigenvalue weighted by molar-refractivity contribution is -0.116. The van der Waals surface area contributed by atoms with Crippen LogP contribution in [0.4, 0.5) is 5.69 Å². The molecular weight excluding hydrogens is 460 g/mol. The molecule has 0 atom stereocenters. The molecule has 2 aromatic rings. The van der Waals surface area contributed by atoms with Crippen molar-refractivity contribution in [2.24, 2.45) is 0 Å².